The van der Waals surface area contributed by atoms with Crippen LogP contribution in [0.3, 0.4) is 0 Å². The van der Waals surface area contributed by atoms with Gasteiger partial charge in [-0.3, -0.25) is 0 Å². The molecular weight excluding hydrogens is 176 g/mol. The van der Waals surface area contributed by atoms with E-state index in [1.807, 2.05) is 25.1 Å². The molecule has 0 radical (unpaired) electrons. The third-order valence-corrected chi connectivity index (χ3v) is 2.26. The van der Waals surface area contributed by atoms with Gasteiger partial charge in [0.2, 0.25) is 0 Å². The van der Waals surface area contributed by atoms with Gasteiger partial charge in [-0.05, 0) is 18.1 Å². The van der Waals surface area contributed by atoms with Crippen LogP contribution in [-0.2, 0) is 9.47 Å². The first kappa shape index (κ1) is 9.44. The first-order chi connectivity index (χ1) is 6.77. The molecule has 1 aromatic carbocycles. The van der Waals surface area contributed by atoms with Gasteiger partial charge in [0.05, 0.1) is 6.61 Å². The van der Waals surface area contributed by atoms with Crippen LogP contribution in [0.25, 0.3) is 0 Å². The highest BCUT2D eigenvalue weighted by Gasteiger charge is 2.27. The van der Waals surface area contributed by atoms with Crippen LogP contribution in [0.4, 0.5) is 0 Å². The molecule has 1 aromatic rings. The van der Waals surface area contributed by atoms with E-state index in [4.69, 9.17) is 9.47 Å². The highest BCUT2D eigenvalue weighted by Crippen LogP contribution is 2.28. The summed E-state index contributed by atoms with van der Waals surface area (Å²) in [5.41, 5.74) is 2.08. The molecule has 2 nitrogen and oxygen atoms in total. The first-order valence-electron chi connectivity index (χ1n) is 4.75. The Morgan fingerprint density at radius 1 is 1.36 bits per heavy atom. The molecule has 1 saturated heterocycles. The number of ether oxygens (including phenoxy) is 2. The SMILES string of the molecule is C=C(C)C1OCC(c2ccccc2)O1. The standard InChI is InChI=1S/C12H14O2/c1-9(2)12-13-8-11(14-12)10-6-4-3-5-7-10/h3-7,11-12H,1,8H2,2H3. The van der Waals surface area contributed by atoms with Crippen molar-refractivity contribution in [1.29, 1.82) is 0 Å². The van der Waals surface area contributed by atoms with Gasteiger partial charge >= 0.3 is 0 Å². The molecule has 2 rings (SSSR count). The topological polar surface area (TPSA) is 18.5 Å². The van der Waals surface area contributed by atoms with Gasteiger partial charge < -0.3 is 9.47 Å². The van der Waals surface area contributed by atoms with Crippen LogP contribution in [-0.4, -0.2) is 12.9 Å². The summed E-state index contributed by atoms with van der Waals surface area (Å²) in [7, 11) is 0. The average molecular weight is 190 g/mol. The van der Waals surface area contributed by atoms with E-state index in [1.54, 1.807) is 0 Å². The van der Waals surface area contributed by atoms with Crippen LogP contribution >= 0.6 is 0 Å². The molecule has 0 N–H and O–H groups in total. The summed E-state index contributed by atoms with van der Waals surface area (Å²) >= 11 is 0. The molecule has 0 amide bonds. The molecule has 1 fully saturated rings. The van der Waals surface area contributed by atoms with Crippen LogP contribution in [0, 0.1) is 0 Å². The van der Waals surface area contributed by atoms with Crippen LogP contribution in [0.15, 0.2) is 42.5 Å². The van der Waals surface area contributed by atoms with E-state index < -0.39 is 0 Å². The van der Waals surface area contributed by atoms with Crippen molar-refractivity contribution in [2.24, 2.45) is 0 Å². The minimum absolute atomic E-state index is 0.0536. The number of hydrogen-bond acceptors (Lipinski definition) is 2. The number of rotatable bonds is 2. The van der Waals surface area contributed by atoms with Crippen molar-refractivity contribution >= 4 is 0 Å². The summed E-state index contributed by atoms with van der Waals surface area (Å²) in [5, 5.41) is 0. The Hall–Kier alpha value is -1.12. The molecule has 2 atom stereocenters. The summed E-state index contributed by atoms with van der Waals surface area (Å²) in [4.78, 5) is 0. The van der Waals surface area contributed by atoms with Gasteiger partial charge in [0.25, 0.3) is 0 Å². The largest absolute Gasteiger partial charge is 0.346 e. The summed E-state index contributed by atoms with van der Waals surface area (Å²) < 4.78 is 11.1. The van der Waals surface area contributed by atoms with Gasteiger partial charge in [-0.1, -0.05) is 36.9 Å². The van der Waals surface area contributed by atoms with Crippen molar-refractivity contribution in [2.75, 3.05) is 6.61 Å². The first-order valence-corrected chi connectivity index (χ1v) is 4.75. The lowest BCUT2D eigenvalue weighted by atomic mass is 10.1. The van der Waals surface area contributed by atoms with Crippen LogP contribution in [0.5, 0.6) is 0 Å². The Morgan fingerprint density at radius 2 is 2.07 bits per heavy atom. The van der Waals surface area contributed by atoms with Crippen molar-refractivity contribution in [1.82, 2.24) is 0 Å². The second kappa shape index (κ2) is 3.95. The summed E-state index contributed by atoms with van der Waals surface area (Å²) in [6.45, 7) is 6.34. The minimum Gasteiger partial charge on any atom is -0.346 e. The number of benzene rings is 1. The van der Waals surface area contributed by atoms with Crippen molar-refractivity contribution in [3.63, 3.8) is 0 Å². The quantitative estimate of drug-likeness (QED) is 0.667. The Morgan fingerprint density at radius 3 is 2.64 bits per heavy atom. The van der Waals surface area contributed by atoms with E-state index in [-0.39, 0.29) is 12.4 Å². The molecule has 0 aromatic heterocycles. The van der Waals surface area contributed by atoms with Gasteiger partial charge in [0, 0.05) is 0 Å². The zero-order valence-electron chi connectivity index (χ0n) is 8.27. The molecule has 1 heterocycles. The van der Waals surface area contributed by atoms with E-state index in [9.17, 15) is 0 Å². The summed E-state index contributed by atoms with van der Waals surface area (Å²) in [6, 6.07) is 10.1. The van der Waals surface area contributed by atoms with Crippen LogP contribution in [0.1, 0.15) is 18.6 Å². The molecular formula is C12H14O2. The second-order valence-electron chi connectivity index (χ2n) is 3.55. The van der Waals surface area contributed by atoms with Crippen LogP contribution in [0.2, 0.25) is 0 Å². The minimum atomic E-state index is -0.236. The fourth-order valence-corrected chi connectivity index (χ4v) is 1.50. The molecule has 14 heavy (non-hydrogen) atoms. The Bertz CT molecular complexity index is 318. The molecule has 74 valence electrons. The summed E-state index contributed by atoms with van der Waals surface area (Å²) in [5.74, 6) is 0. The van der Waals surface area contributed by atoms with E-state index in [0.29, 0.717) is 6.61 Å². The molecule has 1 aliphatic rings. The zero-order chi connectivity index (χ0) is 9.97. The van der Waals surface area contributed by atoms with E-state index in [2.05, 4.69) is 18.7 Å². The Balaban J connectivity index is 2.06. The van der Waals surface area contributed by atoms with Crippen molar-refractivity contribution < 1.29 is 9.47 Å². The third kappa shape index (κ3) is 1.86. The van der Waals surface area contributed by atoms with E-state index in [0.717, 1.165) is 11.1 Å². The maximum absolute atomic E-state index is 5.69. The fraction of sp³-hybridized carbons (Fsp3) is 0.333. The monoisotopic (exact) mass is 190 g/mol. The van der Waals surface area contributed by atoms with Crippen molar-refractivity contribution in [3.05, 3.63) is 48.0 Å². The van der Waals surface area contributed by atoms with Gasteiger partial charge in [-0.15, -0.1) is 0 Å². The third-order valence-electron chi connectivity index (χ3n) is 2.26. The molecule has 0 aliphatic carbocycles. The van der Waals surface area contributed by atoms with E-state index >= 15 is 0 Å². The van der Waals surface area contributed by atoms with Gasteiger partial charge in [0.1, 0.15) is 6.10 Å². The Labute approximate surface area is 84.2 Å². The highest BCUT2D eigenvalue weighted by molar-refractivity contribution is 5.18. The molecule has 0 bridgehead atoms. The van der Waals surface area contributed by atoms with Gasteiger partial charge in [0.15, 0.2) is 6.29 Å². The Kier molecular flexibility index (Phi) is 2.66. The highest BCUT2D eigenvalue weighted by atomic mass is 16.7. The van der Waals surface area contributed by atoms with Gasteiger partial charge in [-0.2, -0.15) is 0 Å². The second-order valence-corrected chi connectivity index (χ2v) is 3.55. The van der Waals surface area contributed by atoms with Crippen molar-refractivity contribution in [3.8, 4) is 0 Å². The predicted octanol–water partition coefficient (Wildman–Crippen LogP) is 2.68. The molecule has 0 saturated carbocycles. The van der Waals surface area contributed by atoms with Crippen molar-refractivity contribution in [2.45, 2.75) is 19.3 Å². The fourth-order valence-electron chi connectivity index (χ4n) is 1.50. The molecule has 2 heteroatoms. The lowest BCUT2D eigenvalue weighted by Gasteiger charge is -2.10. The molecule has 0 spiro atoms. The van der Waals surface area contributed by atoms with Gasteiger partial charge in [-0.25, -0.2) is 0 Å². The lowest BCUT2D eigenvalue weighted by molar-refractivity contribution is -0.0285. The van der Waals surface area contributed by atoms with E-state index in [1.165, 1.54) is 0 Å². The van der Waals surface area contributed by atoms with Crippen LogP contribution < -0.4 is 0 Å². The predicted molar refractivity (Wildman–Crippen MR) is 54.8 cm³/mol. The normalized spacial score (nSPS) is 26.4. The lowest BCUT2D eigenvalue weighted by Crippen LogP contribution is -2.08. The average Bonchev–Trinajstić information content (AvgIpc) is 2.68. The summed E-state index contributed by atoms with van der Waals surface area (Å²) in [6.07, 6.45) is -0.182. The molecule has 1 aliphatic heterocycles. The maximum Gasteiger partial charge on any atom is 0.180 e. The maximum atomic E-state index is 5.69. The smallest absolute Gasteiger partial charge is 0.180 e. The number of hydrogen-bond donors (Lipinski definition) is 0. The molecule has 2 unspecified atom stereocenters. The zero-order valence-corrected chi connectivity index (χ0v) is 8.27.